The Hall–Kier alpha value is -1.90. The summed E-state index contributed by atoms with van der Waals surface area (Å²) in [5.41, 5.74) is 2.33. The summed E-state index contributed by atoms with van der Waals surface area (Å²) in [6, 6.07) is 10.5. The van der Waals surface area contributed by atoms with Crippen LogP contribution in [0.5, 0.6) is 0 Å². The molecule has 0 saturated heterocycles. The first-order chi connectivity index (χ1) is 8.36. The van der Waals surface area contributed by atoms with Crippen molar-refractivity contribution in [3.05, 3.63) is 54.0 Å². The summed E-state index contributed by atoms with van der Waals surface area (Å²) in [7, 11) is 0. The largest absolute Gasteiger partial charge is 0.369 e. The Morgan fingerprint density at radius 1 is 1.06 bits per heavy atom. The van der Waals surface area contributed by atoms with Crippen molar-refractivity contribution in [3.8, 4) is 0 Å². The summed E-state index contributed by atoms with van der Waals surface area (Å²) in [6.07, 6.45) is 5.62. The molecular weight excluding hydrogens is 210 g/mol. The molecule has 2 rings (SSSR count). The standard InChI is InChI=1S/C14H17N3/c1-12-14(17-11-10-15-12)16-9-5-8-13-6-3-2-4-7-13/h2-4,6-7,10-11H,5,8-9H2,1H3,(H,16,17). The SMILES string of the molecule is Cc1nccnc1NCCCc1ccccc1. The number of aryl methyl sites for hydroxylation is 2. The Morgan fingerprint density at radius 2 is 1.82 bits per heavy atom. The first-order valence-electron chi connectivity index (χ1n) is 5.91. The number of hydrogen-bond donors (Lipinski definition) is 1. The van der Waals surface area contributed by atoms with Gasteiger partial charge in [-0.3, -0.25) is 4.98 Å². The molecule has 0 bridgehead atoms. The Bertz CT molecular complexity index is 454. The number of aromatic nitrogens is 2. The summed E-state index contributed by atoms with van der Waals surface area (Å²) < 4.78 is 0. The van der Waals surface area contributed by atoms with Gasteiger partial charge >= 0.3 is 0 Å². The molecule has 3 heteroatoms. The lowest BCUT2D eigenvalue weighted by molar-refractivity contribution is 0.855. The van der Waals surface area contributed by atoms with Gasteiger partial charge in [0.2, 0.25) is 0 Å². The Morgan fingerprint density at radius 3 is 2.59 bits per heavy atom. The zero-order valence-corrected chi connectivity index (χ0v) is 10.1. The Labute approximate surface area is 102 Å². The van der Waals surface area contributed by atoms with E-state index >= 15 is 0 Å². The van der Waals surface area contributed by atoms with Gasteiger partial charge < -0.3 is 5.32 Å². The molecule has 0 radical (unpaired) electrons. The summed E-state index contributed by atoms with van der Waals surface area (Å²) in [6.45, 7) is 2.89. The van der Waals surface area contributed by atoms with Gasteiger partial charge in [-0.2, -0.15) is 0 Å². The fourth-order valence-electron chi connectivity index (χ4n) is 1.73. The Balaban J connectivity index is 1.76. The lowest BCUT2D eigenvalue weighted by Gasteiger charge is -2.07. The van der Waals surface area contributed by atoms with Gasteiger partial charge in [0.05, 0.1) is 5.69 Å². The third kappa shape index (κ3) is 3.55. The smallest absolute Gasteiger partial charge is 0.147 e. The van der Waals surface area contributed by atoms with Crippen LogP contribution in [0.4, 0.5) is 5.82 Å². The molecule has 0 saturated carbocycles. The average molecular weight is 227 g/mol. The van der Waals surface area contributed by atoms with Crippen LogP contribution in [0.15, 0.2) is 42.7 Å². The van der Waals surface area contributed by atoms with E-state index in [0.717, 1.165) is 30.9 Å². The molecule has 0 aliphatic heterocycles. The lowest BCUT2D eigenvalue weighted by atomic mass is 10.1. The van der Waals surface area contributed by atoms with Crippen LogP contribution < -0.4 is 5.32 Å². The highest BCUT2D eigenvalue weighted by Crippen LogP contribution is 2.07. The number of rotatable bonds is 5. The Kier molecular flexibility index (Phi) is 4.08. The molecule has 0 spiro atoms. The van der Waals surface area contributed by atoms with E-state index in [4.69, 9.17) is 0 Å². The maximum Gasteiger partial charge on any atom is 0.147 e. The summed E-state index contributed by atoms with van der Waals surface area (Å²) in [5, 5.41) is 3.31. The predicted molar refractivity (Wildman–Crippen MR) is 70.0 cm³/mol. The molecule has 0 aliphatic carbocycles. The van der Waals surface area contributed by atoms with Gasteiger partial charge in [-0.1, -0.05) is 30.3 Å². The average Bonchev–Trinajstić information content (AvgIpc) is 2.38. The zero-order chi connectivity index (χ0) is 11.9. The van der Waals surface area contributed by atoms with Crippen molar-refractivity contribution in [2.45, 2.75) is 19.8 Å². The highest BCUT2D eigenvalue weighted by atomic mass is 15.0. The van der Waals surface area contributed by atoms with Gasteiger partial charge in [0.1, 0.15) is 5.82 Å². The maximum absolute atomic E-state index is 4.25. The summed E-state index contributed by atoms with van der Waals surface area (Å²) in [5.74, 6) is 0.889. The minimum Gasteiger partial charge on any atom is -0.369 e. The van der Waals surface area contributed by atoms with Crippen molar-refractivity contribution in [1.82, 2.24) is 9.97 Å². The van der Waals surface area contributed by atoms with E-state index in [9.17, 15) is 0 Å². The second kappa shape index (κ2) is 5.99. The molecule has 0 unspecified atom stereocenters. The van der Waals surface area contributed by atoms with E-state index in [1.54, 1.807) is 12.4 Å². The van der Waals surface area contributed by atoms with Crippen LogP contribution in [0.25, 0.3) is 0 Å². The lowest BCUT2D eigenvalue weighted by Crippen LogP contribution is -2.06. The van der Waals surface area contributed by atoms with Crippen molar-refractivity contribution in [2.24, 2.45) is 0 Å². The van der Waals surface area contributed by atoms with Crippen molar-refractivity contribution >= 4 is 5.82 Å². The van der Waals surface area contributed by atoms with Crippen LogP contribution in [0.3, 0.4) is 0 Å². The molecular formula is C14H17N3. The molecule has 1 aromatic carbocycles. The van der Waals surface area contributed by atoms with E-state index in [1.165, 1.54) is 5.56 Å². The number of anilines is 1. The minimum atomic E-state index is 0.889. The second-order valence-corrected chi connectivity index (χ2v) is 4.01. The number of nitrogens with zero attached hydrogens (tertiary/aromatic N) is 2. The van der Waals surface area contributed by atoms with Crippen molar-refractivity contribution < 1.29 is 0 Å². The molecule has 1 N–H and O–H groups in total. The number of hydrogen-bond acceptors (Lipinski definition) is 3. The van der Waals surface area contributed by atoms with Crippen molar-refractivity contribution in [2.75, 3.05) is 11.9 Å². The quantitative estimate of drug-likeness (QED) is 0.798. The second-order valence-electron chi connectivity index (χ2n) is 4.01. The van der Waals surface area contributed by atoms with Gasteiger partial charge in [-0.15, -0.1) is 0 Å². The number of benzene rings is 1. The van der Waals surface area contributed by atoms with Crippen LogP contribution in [-0.2, 0) is 6.42 Å². The van der Waals surface area contributed by atoms with E-state index in [0.29, 0.717) is 0 Å². The minimum absolute atomic E-state index is 0.889. The molecule has 88 valence electrons. The molecule has 1 aromatic heterocycles. The van der Waals surface area contributed by atoms with E-state index in [-0.39, 0.29) is 0 Å². The maximum atomic E-state index is 4.25. The van der Waals surface area contributed by atoms with Crippen LogP contribution in [0, 0.1) is 6.92 Å². The fourth-order valence-corrected chi connectivity index (χ4v) is 1.73. The monoisotopic (exact) mass is 227 g/mol. The molecule has 3 nitrogen and oxygen atoms in total. The van der Waals surface area contributed by atoms with E-state index in [2.05, 4.69) is 39.6 Å². The molecule has 0 aliphatic rings. The molecule has 0 fully saturated rings. The van der Waals surface area contributed by atoms with Crippen molar-refractivity contribution in [1.29, 1.82) is 0 Å². The van der Waals surface area contributed by atoms with Gasteiger partial charge in [-0.05, 0) is 25.3 Å². The first-order valence-corrected chi connectivity index (χ1v) is 5.91. The molecule has 0 amide bonds. The van der Waals surface area contributed by atoms with Crippen LogP contribution >= 0.6 is 0 Å². The van der Waals surface area contributed by atoms with Gasteiger partial charge in [0.15, 0.2) is 0 Å². The van der Waals surface area contributed by atoms with E-state index < -0.39 is 0 Å². The molecule has 17 heavy (non-hydrogen) atoms. The predicted octanol–water partition coefficient (Wildman–Crippen LogP) is 2.83. The third-order valence-corrected chi connectivity index (χ3v) is 2.66. The third-order valence-electron chi connectivity index (χ3n) is 2.66. The summed E-state index contributed by atoms with van der Waals surface area (Å²) in [4.78, 5) is 8.44. The van der Waals surface area contributed by atoms with Gasteiger partial charge in [0.25, 0.3) is 0 Å². The van der Waals surface area contributed by atoms with Crippen LogP contribution in [-0.4, -0.2) is 16.5 Å². The molecule has 2 aromatic rings. The van der Waals surface area contributed by atoms with Crippen LogP contribution in [0.1, 0.15) is 17.7 Å². The fraction of sp³-hybridized carbons (Fsp3) is 0.286. The van der Waals surface area contributed by atoms with Crippen molar-refractivity contribution in [3.63, 3.8) is 0 Å². The van der Waals surface area contributed by atoms with Crippen LogP contribution in [0.2, 0.25) is 0 Å². The highest BCUT2D eigenvalue weighted by molar-refractivity contribution is 5.38. The highest BCUT2D eigenvalue weighted by Gasteiger charge is 1.98. The normalized spacial score (nSPS) is 10.2. The van der Waals surface area contributed by atoms with E-state index in [1.807, 2.05) is 13.0 Å². The first kappa shape index (κ1) is 11.6. The van der Waals surface area contributed by atoms with Gasteiger partial charge in [0, 0.05) is 18.9 Å². The zero-order valence-electron chi connectivity index (χ0n) is 10.1. The molecule has 0 atom stereocenters. The van der Waals surface area contributed by atoms with Gasteiger partial charge in [-0.25, -0.2) is 4.98 Å². The topological polar surface area (TPSA) is 37.8 Å². The summed E-state index contributed by atoms with van der Waals surface area (Å²) >= 11 is 0. The molecule has 1 heterocycles. The number of nitrogens with one attached hydrogen (secondary N) is 1.